The predicted octanol–water partition coefficient (Wildman–Crippen LogP) is 3.48. The molecule has 24 heavy (non-hydrogen) atoms. The van der Waals surface area contributed by atoms with E-state index in [-0.39, 0.29) is 11.7 Å². The lowest BCUT2D eigenvalue weighted by molar-refractivity contribution is -0.113. The van der Waals surface area contributed by atoms with Gasteiger partial charge in [0.25, 0.3) is 11.1 Å². The first-order chi connectivity index (χ1) is 11.6. The molecule has 0 fully saturated rings. The van der Waals surface area contributed by atoms with Crippen LogP contribution < -0.4 is 5.32 Å². The zero-order valence-electron chi connectivity index (χ0n) is 13.3. The first-order valence-electron chi connectivity index (χ1n) is 7.36. The van der Waals surface area contributed by atoms with Crippen LogP contribution in [-0.2, 0) is 4.79 Å². The van der Waals surface area contributed by atoms with Gasteiger partial charge in [-0.3, -0.25) is 9.78 Å². The molecule has 2 aromatic heterocycles. The molecule has 0 aliphatic heterocycles. The Morgan fingerprint density at radius 3 is 2.88 bits per heavy atom. The van der Waals surface area contributed by atoms with Gasteiger partial charge in [0, 0.05) is 11.9 Å². The van der Waals surface area contributed by atoms with Crippen molar-refractivity contribution in [2.45, 2.75) is 19.1 Å². The molecule has 2 heterocycles. The lowest BCUT2D eigenvalue weighted by atomic mass is 10.1. The smallest absolute Gasteiger partial charge is 0.277 e. The number of thioether (sulfide) groups is 1. The summed E-state index contributed by atoms with van der Waals surface area (Å²) in [5.41, 5.74) is 3.55. The van der Waals surface area contributed by atoms with Crippen LogP contribution in [0.1, 0.15) is 11.1 Å². The van der Waals surface area contributed by atoms with Gasteiger partial charge in [-0.05, 0) is 43.2 Å². The highest BCUT2D eigenvalue weighted by molar-refractivity contribution is 7.99. The number of nitrogens with one attached hydrogen (secondary N) is 1. The SMILES string of the molecule is Cc1ccc(C)c(NC(=O)CSc2nnc(-c3ccccn3)o2)c1. The molecule has 3 rings (SSSR count). The average molecular weight is 340 g/mol. The Hall–Kier alpha value is -2.67. The van der Waals surface area contributed by atoms with Gasteiger partial charge in [-0.25, -0.2) is 0 Å². The van der Waals surface area contributed by atoms with E-state index in [2.05, 4.69) is 20.5 Å². The number of carbonyl (C=O) groups is 1. The van der Waals surface area contributed by atoms with Crippen LogP contribution in [0.15, 0.2) is 52.2 Å². The number of aryl methyl sites for hydroxylation is 2. The monoisotopic (exact) mass is 340 g/mol. The van der Waals surface area contributed by atoms with Gasteiger partial charge < -0.3 is 9.73 Å². The molecule has 0 bridgehead atoms. The van der Waals surface area contributed by atoms with Crippen molar-refractivity contribution in [2.24, 2.45) is 0 Å². The number of carbonyl (C=O) groups excluding carboxylic acids is 1. The molecule has 0 unspecified atom stereocenters. The van der Waals surface area contributed by atoms with Crippen LogP contribution in [-0.4, -0.2) is 26.8 Å². The number of hydrogen-bond donors (Lipinski definition) is 1. The number of anilines is 1. The van der Waals surface area contributed by atoms with Crippen LogP contribution in [0.25, 0.3) is 11.6 Å². The van der Waals surface area contributed by atoms with Gasteiger partial charge in [0.1, 0.15) is 5.69 Å². The van der Waals surface area contributed by atoms with Crippen LogP contribution in [0.5, 0.6) is 0 Å². The Balaban J connectivity index is 1.59. The molecule has 0 aliphatic rings. The second-order valence-corrected chi connectivity index (χ2v) is 6.17. The van der Waals surface area contributed by atoms with E-state index >= 15 is 0 Å². The van der Waals surface area contributed by atoms with Gasteiger partial charge in [0.05, 0.1) is 5.75 Å². The molecular formula is C17H16N4O2S. The van der Waals surface area contributed by atoms with Crippen molar-refractivity contribution in [3.8, 4) is 11.6 Å². The van der Waals surface area contributed by atoms with Crippen LogP contribution >= 0.6 is 11.8 Å². The van der Waals surface area contributed by atoms with Crippen LogP contribution in [0.4, 0.5) is 5.69 Å². The molecule has 7 heteroatoms. The van der Waals surface area contributed by atoms with E-state index in [4.69, 9.17) is 4.42 Å². The minimum absolute atomic E-state index is 0.119. The Bertz CT molecular complexity index is 849. The number of pyridine rings is 1. The van der Waals surface area contributed by atoms with E-state index in [1.165, 1.54) is 11.8 Å². The number of hydrogen-bond acceptors (Lipinski definition) is 6. The first kappa shape index (κ1) is 16.2. The maximum atomic E-state index is 12.1. The summed E-state index contributed by atoms with van der Waals surface area (Å²) in [6, 6.07) is 11.4. The van der Waals surface area contributed by atoms with Crippen LogP contribution in [0.2, 0.25) is 0 Å². The molecule has 3 aromatic rings. The summed E-state index contributed by atoms with van der Waals surface area (Å²) in [6.45, 7) is 3.95. The molecule has 0 saturated heterocycles. The number of nitrogens with zero attached hydrogens (tertiary/aromatic N) is 3. The zero-order valence-corrected chi connectivity index (χ0v) is 14.1. The molecule has 1 amide bonds. The van der Waals surface area contributed by atoms with Gasteiger partial charge in [0.15, 0.2) is 0 Å². The second-order valence-electron chi connectivity index (χ2n) is 5.24. The Morgan fingerprint density at radius 2 is 2.08 bits per heavy atom. The van der Waals surface area contributed by atoms with E-state index in [1.807, 2.05) is 44.2 Å². The lowest BCUT2D eigenvalue weighted by Gasteiger charge is -2.08. The molecule has 1 aromatic carbocycles. The van der Waals surface area contributed by atoms with Crippen molar-refractivity contribution >= 4 is 23.4 Å². The van der Waals surface area contributed by atoms with Crippen molar-refractivity contribution in [1.82, 2.24) is 15.2 Å². The minimum Gasteiger partial charge on any atom is -0.410 e. The topological polar surface area (TPSA) is 80.9 Å². The van der Waals surface area contributed by atoms with E-state index in [0.29, 0.717) is 16.8 Å². The normalized spacial score (nSPS) is 10.6. The van der Waals surface area contributed by atoms with Crippen molar-refractivity contribution in [3.63, 3.8) is 0 Å². The van der Waals surface area contributed by atoms with E-state index in [0.717, 1.165) is 16.8 Å². The highest BCUT2D eigenvalue weighted by atomic mass is 32.2. The number of aromatic nitrogens is 3. The van der Waals surface area contributed by atoms with Crippen molar-refractivity contribution in [3.05, 3.63) is 53.7 Å². The molecule has 0 saturated carbocycles. The summed E-state index contributed by atoms with van der Waals surface area (Å²) in [5, 5.41) is 11.1. The zero-order chi connectivity index (χ0) is 16.9. The third-order valence-electron chi connectivity index (χ3n) is 3.28. The molecule has 0 atom stereocenters. The summed E-state index contributed by atoms with van der Waals surface area (Å²) in [6.07, 6.45) is 1.66. The predicted molar refractivity (Wildman–Crippen MR) is 92.8 cm³/mol. The first-order valence-corrected chi connectivity index (χ1v) is 8.35. The van der Waals surface area contributed by atoms with Crippen molar-refractivity contribution in [1.29, 1.82) is 0 Å². The summed E-state index contributed by atoms with van der Waals surface area (Å²) >= 11 is 1.19. The fraction of sp³-hybridized carbons (Fsp3) is 0.176. The minimum atomic E-state index is -0.119. The van der Waals surface area contributed by atoms with Crippen molar-refractivity contribution in [2.75, 3.05) is 11.1 Å². The Morgan fingerprint density at radius 1 is 1.21 bits per heavy atom. The maximum absolute atomic E-state index is 12.1. The number of benzene rings is 1. The molecule has 0 radical (unpaired) electrons. The van der Waals surface area contributed by atoms with Gasteiger partial charge in [-0.1, -0.05) is 30.0 Å². The van der Waals surface area contributed by atoms with Gasteiger partial charge >= 0.3 is 0 Å². The molecule has 6 nitrogen and oxygen atoms in total. The molecule has 122 valence electrons. The van der Waals surface area contributed by atoms with Gasteiger partial charge in [-0.2, -0.15) is 0 Å². The lowest BCUT2D eigenvalue weighted by Crippen LogP contribution is -2.14. The Kier molecular flexibility index (Phi) is 4.90. The summed E-state index contributed by atoms with van der Waals surface area (Å²) in [4.78, 5) is 16.2. The van der Waals surface area contributed by atoms with Gasteiger partial charge in [0.2, 0.25) is 5.91 Å². The molecule has 0 spiro atoms. The standard InChI is InChI=1S/C17H16N4O2S/c1-11-6-7-12(2)14(9-11)19-15(22)10-24-17-21-20-16(23-17)13-5-3-4-8-18-13/h3-9H,10H2,1-2H3,(H,19,22). The van der Waals surface area contributed by atoms with Crippen LogP contribution in [0.3, 0.4) is 0 Å². The van der Waals surface area contributed by atoms with Crippen molar-refractivity contribution < 1.29 is 9.21 Å². The highest BCUT2D eigenvalue weighted by Crippen LogP contribution is 2.22. The second kappa shape index (κ2) is 7.27. The van der Waals surface area contributed by atoms with E-state index in [1.54, 1.807) is 12.3 Å². The fourth-order valence-electron chi connectivity index (χ4n) is 2.04. The van der Waals surface area contributed by atoms with E-state index < -0.39 is 0 Å². The largest absolute Gasteiger partial charge is 0.410 e. The summed E-state index contributed by atoms with van der Waals surface area (Å²) < 4.78 is 5.51. The van der Waals surface area contributed by atoms with E-state index in [9.17, 15) is 4.79 Å². The third kappa shape index (κ3) is 3.99. The fourth-order valence-corrected chi connectivity index (χ4v) is 2.61. The third-order valence-corrected chi connectivity index (χ3v) is 4.10. The molecule has 0 aliphatic carbocycles. The molecular weight excluding hydrogens is 324 g/mol. The Labute approximate surface area is 143 Å². The average Bonchev–Trinajstić information content (AvgIpc) is 3.06. The quantitative estimate of drug-likeness (QED) is 0.716. The summed E-state index contributed by atoms with van der Waals surface area (Å²) in [7, 11) is 0. The van der Waals surface area contributed by atoms with Gasteiger partial charge in [-0.15, -0.1) is 10.2 Å². The number of rotatable bonds is 5. The highest BCUT2D eigenvalue weighted by Gasteiger charge is 2.12. The summed E-state index contributed by atoms with van der Waals surface area (Å²) in [5.74, 6) is 0.413. The van der Waals surface area contributed by atoms with Crippen LogP contribution in [0, 0.1) is 13.8 Å². The molecule has 1 N–H and O–H groups in total. The maximum Gasteiger partial charge on any atom is 0.277 e. The number of amides is 1.